The van der Waals surface area contributed by atoms with Crippen molar-refractivity contribution in [1.29, 1.82) is 0 Å². The van der Waals surface area contributed by atoms with Crippen LogP contribution in [0.15, 0.2) is 48.5 Å². The predicted molar refractivity (Wildman–Crippen MR) is 82.8 cm³/mol. The Kier molecular flexibility index (Phi) is 5.00. The van der Waals surface area contributed by atoms with Gasteiger partial charge in [-0.3, -0.25) is 0 Å². The molecule has 0 fully saturated rings. The Morgan fingerprint density at radius 3 is 2.21 bits per heavy atom. The van der Waals surface area contributed by atoms with Crippen molar-refractivity contribution >= 4 is 11.6 Å². The summed E-state index contributed by atoms with van der Waals surface area (Å²) >= 11 is 6.27. The van der Waals surface area contributed by atoms with Gasteiger partial charge in [0, 0.05) is 11.1 Å². The van der Waals surface area contributed by atoms with Crippen molar-refractivity contribution in [3.63, 3.8) is 0 Å². The number of nitrogens with one attached hydrogen (secondary N) is 1. The zero-order valence-corrected chi connectivity index (χ0v) is 12.2. The fourth-order valence-corrected chi connectivity index (χ4v) is 2.54. The van der Waals surface area contributed by atoms with Crippen LogP contribution in [0.1, 0.15) is 29.7 Å². The number of rotatable bonds is 5. The average Bonchev–Trinajstić information content (AvgIpc) is 2.46. The summed E-state index contributed by atoms with van der Waals surface area (Å²) < 4.78 is 0. The van der Waals surface area contributed by atoms with Gasteiger partial charge >= 0.3 is 0 Å². The lowest BCUT2D eigenvalue weighted by atomic mass is 9.98. The van der Waals surface area contributed by atoms with E-state index < -0.39 is 0 Å². The third kappa shape index (κ3) is 3.59. The first kappa shape index (κ1) is 14.1. The molecule has 0 aliphatic carbocycles. The lowest BCUT2D eigenvalue weighted by Gasteiger charge is -2.18. The molecule has 100 valence electrons. The van der Waals surface area contributed by atoms with Crippen molar-refractivity contribution < 1.29 is 0 Å². The molecule has 0 aromatic heterocycles. The minimum atomic E-state index is 0.251. The van der Waals surface area contributed by atoms with Crippen LogP contribution in [0, 0.1) is 0 Å². The lowest BCUT2D eigenvalue weighted by Crippen LogP contribution is -2.19. The van der Waals surface area contributed by atoms with Crippen LogP contribution in [0.25, 0.3) is 0 Å². The Balaban J connectivity index is 2.17. The maximum Gasteiger partial charge on any atom is 0.0453 e. The molecular formula is C17H20ClN. The van der Waals surface area contributed by atoms with E-state index in [-0.39, 0.29) is 6.04 Å². The van der Waals surface area contributed by atoms with Gasteiger partial charge in [0.05, 0.1) is 0 Å². The van der Waals surface area contributed by atoms with Crippen LogP contribution in [0.5, 0.6) is 0 Å². The van der Waals surface area contributed by atoms with E-state index in [9.17, 15) is 0 Å². The molecule has 0 aliphatic heterocycles. The van der Waals surface area contributed by atoms with Crippen LogP contribution in [-0.4, -0.2) is 7.05 Å². The standard InChI is InChI=1S/C17H20ClN/c1-3-13-8-10-14(11-9-13)12-17(19-2)15-6-4-5-7-16(15)18/h4-11,17,19H,3,12H2,1-2H3. The topological polar surface area (TPSA) is 12.0 Å². The third-order valence-corrected chi connectivity index (χ3v) is 3.84. The van der Waals surface area contributed by atoms with Gasteiger partial charge in [-0.05, 0) is 42.6 Å². The van der Waals surface area contributed by atoms with Gasteiger partial charge in [0.1, 0.15) is 0 Å². The highest BCUT2D eigenvalue weighted by Gasteiger charge is 2.12. The molecule has 1 nitrogen and oxygen atoms in total. The molecule has 1 atom stereocenters. The van der Waals surface area contributed by atoms with E-state index in [2.05, 4.69) is 42.6 Å². The summed E-state index contributed by atoms with van der Waals surface area (Å²) in [5.74, 6) is 0. The van der Waals surface area contributed by atoms with Gasteiger partial charge in [0.15, 0.2) is 0 Å². The van der Waals surface area contributed by atoms with Crippen molar-refractivity contribution in [3.8, 4) is 0 Å². The Morgan fingerprint density at radius 1 is 1.00 bits per heavy atom. The van der Waals surface area contributed by atoms with E-state index in [0.29, 0.717) is 0 Å². The molecule has 0 saturated heterocycles. The largest absolute Gasteiger partial charge is 0.313 e. The van der Waals surface area contributed by atoms with Gasteiger partial charge in [-0.1, -0.05) is 61.0 Å². The van der Waals surface area contributed by atoms with Crippen molar-refractivity contribution in [3.05, 3.63) is 70.2 Å². The minimum Gasteiger partial charge on any atom is -0.313 e. The first-order valence-electron chi connectivity index (χ1n) is 6.74. The molecule has 0 spiro atoms. The van der Waals surface area contributed by atoms with Gasteiger partial charge in [0.2, 0.25) is 0 Å². The molecule has 19 heavy (non-hydrogen) atoms. The Labute approximate surface area is 120 Å². The van der Waals surface area contributed by atoms with E-state index in [4.69, 9.17) is 11.6 Å². The third-order valence-electron chi connectivity index (χ3n) is 3.50. The van der Waals surface area contributed by atoms with Crippen LogP contribution in [0.4, 0.5) is 0 Å². The van der Waals surface area contributed by atoms with Crippen molar-refractivity contribution in [2.75, 3.05) is 7.05 Å². The summed E-state index contributed by atoms with van der Waals surface area (Å²) in [6.07, 6.45) is 2.03. The number of halogens is 1. The van der Waals surface area contributed by atoms with E-state index in [0.717, 1.165) is 23.4 Å². The van der Waals surface area contributed by atoms with Crippen LogP contribution < -0.4 is 5.32 Å². The smallest absolute Gasteiger partial charge is 0.0453 e. The Bertz CT molecular complexity index is 519. The zero-order valence-electron chi connectivity index (χ0n) is 11.5. The Hall–Kier alpha value is -1.31. The van der Waals surface area contributed by atoms with E-state index in [1.165, 1.54) is 11.1 Å². The molecule has 0 bridgehead atoms. The normalized spacial score (nSPS) is 12.4. The van der Waals surface area contributed by atoms with Crippen molar-refractivity contribution in [2.24, 2.45) is 0 Å². The predicted octanol–water partition coefficient (Wildman–Crippen LogP) is 4.41. The molecule has 2 aromatic carbocycles. The molecule has 1 N–H and O–H groups in total. The van der Waals surface area contributed by atoms with E-state index >= 15 is 0 Å². The van der Waals surface area contributed by atoms with E-state index in [1.54, 1.807) is 0 Å². The highest BCUT2D eigenvalue weighted by molar-refractivity contribution is 6.31. The molecule has 1 unspecified atom stereocenters. The summed E-state index contributed by atoms with van der Waals surface area (Å²) in [5.41, 5.74) is 3.87. The van der Waals surface area contributed by atoms with Crippen LogP contribution in [0.2, 0.25) is 5.02 Å². The minimum absolute atomic E-state index is 0.251. The highest BCUT2D eigenvalue weighted by atomic mass is 35.5. The number of benzene rings is 2. The molecule has 2 heteroatoms. The SMILES string of the molecule is CCc1ccc(CC(NC)c2ccccc2Cl)cc1. The van der Waals surface area contributed by atoms with Crippen molar-refractivity contribution in [2.45, 2.75) is 25.8 Å². The van der Waals surface area contributed by atoms with Gasteiger partial charge in [0.25, 0.3) is 0 Å². The fourth-order valence-electron chi connectivity index (χ4n) is 2.27. The first-order chi connectivity index (χ1) is 9.24. The monoisotopic (exact) mass is 273 g/mol. The molecule has 2 rings (SSSR count). The zero-order chi connectivity index (χ0) is 13.7. The maximum atomic E-state index is 6.27. The average molecular weight is 274 g/mol. The molecule has 0 radical (unpaired) electrons. The highest BCUT2D eigenvalue weighted by Crippen LogP contribution is 2.25. The first-order valence-corrected chi connectivity index (χ1v) is 7.12. The number of likely N-dealkylation sites (N-methyl/N-ethyl adjacent to an activating group) is 1. The molecule has 0 heterocycles. The molecule has 0 amide bonds. The van der Waals surface area contributed by atoms with Crippen LogP contribution in [-0.2, 0) is 12.8 Å². The van der Waals surface area contributed by atoms with Gasteiger partial charge in [-0.25, -0.2) is 0 Å². The Morgan fingerprint density at radius 2 is 1.63 bits per heavy atom. The van der Waals surface area contributed by atoms with Crippen molar-refractivity contribution in [1.82, 2.24) is 5.32 Å². The summed E-state index contributed by atoms with van der Waals surface area (Å²) in [7, 11) is 1.98. The van der Waals surface area contributed by atoms with Gasteiger partial charge in [-0.15, -0.1) is 0 Å². The number of hydrogen-bond acceptors (Lipinski definition) is 1. The molecular weight excluding hydrogens is 254 g/mol. The second-order valence-electron chi connectivity index (χ2n) is 4.74. The van der Waals surface area contributed by atoms with Crippen LogP contribution >= 0.6 is 11.6 Å². The van der Waals surface area contributed by atoms with E-state index in [1.807, 2.05) is 25.2 Å². The van der Waals surface area contributed by atoms with Crippen LogP contribution in [0.3, 0.4) is 0 Å². The van der Waals surface area contributed by atoms with Gasteiger partial charge < -0.3 is 5.32 Å². The summed E-state index contributed by atoms with van der Waals surface area (Å²) in [6, 6.07) is 17.1. The number of hydrogen-bond donors (Lipinski definition) is 1. The molecule has 0 aliphatic rings. The maximum absolute atomic E-state index is 6.27. The van der Waals surface area contributed by atoms with Gasteiger partial charge in [-0.2, -0.15) is 0 Å². The fraction of sp³-hybridized carbons (Fsp3) is 0.294. The molecule has 0 saturated carbocycles. The summed E-state index contributed by atoms with van der Waals surface area (Å²) in [4.78, 5) is 0. The summed E-state index contributed by atoms with van der Waals surface area (Å²) in [6.45, 7) is 2.18. The quantitative estimate of drug-likeness (QED) is 0.851. The molecule has 2 aromatic rings. The lowest BCUT2D eigenvalue weighted by molar-refractivity contribution is 0.592. The second-order valence-corrected chi connectivity index (χ2v) is 5.14. The second kappa shape index (κ2) is 6.74. The summed E-state index contributed by atoms with van der Waals surface area (Å²) in [5, 5.41) is 4.18. The number of aryl methyl sites for hydroxylation is 1.